The van der Waals surface area contributed by atoms with Gasteiger partial charge in [-0.1, -0.05) is 6.07 Å². The monoisotopic (exact) mass is 467 g/mol. The topological polar surface area (TPSA) is 80.2 Å². The van der Waals surface area contributed by atoms with E-state index in [0.29, 0.717) is 28.1 Å². The number of rotatable bonds is 9. The lowest BCUT2D eigenvalue weighted by molar-refractivity contribution is -0.130. The summed E-state index contributed by atoms with van der Waals surface area (Å²) in [7, 11) is 3.33. The van der Waals surface area contributed by atoms with Crippen molar-refractivity contribution in [1.82, 2.24) is 10.3 Å². The molecule has 0 radical (unpaired) electrons. The molecule has 0 spiro atoms. The number of nitrogens with zero attached hydrogens (tertiary/aromatic N) is 2. The quantitative estimate of drug-likeness (QED) is 0.453. The first kappa shape index (κ1) is 21.9. The van der Waals surface area contributed by atoms with Gasteiger partial charge in [0.25, 0.3) is 5.91 Å². The number of carbonyl (C=O) groups is 2. The Labute approximate surface area is 176 Å². The highest BCUT2D eigenvalue weighted by Crippen LogP contribution is 2.36. The van der Waals surface area contributed by atoms with Crippen molar-refractivity contribution in [3.63, 3.8) is 0 Å². The van der Waals surface area contributed by atoms with Crippen LogP contribution in [0, 0.1) is 0 Å². The highest BCUT2D eigenvalue weighted by Gasteiger charge is 2.14. The summed E-state index contributed by atoms with van der Waals surface area (Å²) in [4.78, 5) is 26.1. The largest absolute Gasteiger partial charge is 0.490 e. The number of benzene rings is 1. The molecule has 7 nitrogen and oxygen atoms in total. The van der Waals surface area contributed by atoms with Crippen molar-refractivity contribution in [3.8, 4) is 11.5 Å². The first-order valence-corrected chi connectivity index (χ1v) is 10.2. The Hall–Kier alpha value is -2.39. The number of ether oxygens (including phenoxy) is 2. The molecule has 1 heterocycles. The third-order valence-electron chi connectivity index (χ3n) is 3.49. The van der Waals surface area contributed by atoms with Crippen molar-refractivity contribution in [3.05, 3.63) is 44.6 Å². The van der Waals surface area contributed by atoms with Crippen molar-refractivity contribution < 1.29 is 19.1 Å². The highest BCUT2D eigenvalue weighted by molar-refractivity contribution is 9.10. The van der Waals surface area contributed by atoms with Crippen LogP contribution in [0.2, 0.25) is 0 Å². The molecule has 9 heteroatoms. The molecule has 1 aromatic carbocycles. The van der Waals surface area contributed by atoms with Gasteiger partial charge in [-0.2, -0.15) is 5.10 Å². The van der Waals surface area contributed by atoms with Gasteiger partial charge in [0, 0.05) is 19.0 Å². The van der Waals surface area contributed by atoms with E-state index in [1.54, 1.807) is 26.2 Å². The molecule has 1 aromatic heterocycles. The van der Waals surface area contributed by atoms with Crippen molar-refractivity contribution in [1.29, 1.82) is 0 Å². The van der Waals surface area contributed by atoms with E-state index in [1.165, 1.54) is 22.5 Å². The Kier molecular flexibility index (Phi) is 8.46. The van der Waals surface area contributed by atoms with Crippen LogP contribution in [0.4, 0.5) is 0 Å². The van der Waals surface area contributed by atoms with E-state index in [0.717, 1.165) is 4.88 Å². The number of hydrazone groups is 1. The lowest BCUT2D eigenvalue weighted by atomic mass is 10.2. The number of carbonyl (C=O) groups excluding carboxylic acids is 2. The van der Waals surface area contributed by atoms with Crippen LogP contribution in [0.1, 0.15) is 17.4 Å². The van der Waals surface area contributed by atoms with Gasteiger partial charge in [-0.05, 0) is 52.0 Å². The third-order valence-corrected chi connectivity index (χ3v) is 4.95. The summed E-state index contributed by atoms with van der Waals surface area (Å²) in [6.45, 7) is 2.19. The summed E-state index contributed by atoms with van der Waals surface area (Å²) in [5.74, 6) is 0.573. The fourth-order valence-electron chi connectivity index (χ4n) is 2.12. The van der Waals surface area contributed by atoms with Crippen LogP contribution >= 0.6 is 27.3 Å². The first-order chi connectivity index (χ1) is 13.4. The smallest absolute Gasteiger partial charge is 0.259 e. The lowest BCUT2D eigenvalue weighted by Gasteiger charge is -2.16. The van der Waals surface area contributed by atoms with Crippen molar-refractivity contribution >= 4 is 45.3 Å². The number of hydrogen-bond acceptors (Lipinski definition) is 6. The fraction of sp³-hybridized carbons (Fsp3) is 0.316. The number of hydrogen-bond donors (Lipinski definition) is 1. The molecule has 0 bridgehead atoms. The molecule has 0 saturated carbocycles. The second-order valence-electron chi connectivity index (χ2n) is 5.89. The summed E-state index contributed by atoms with van der Waals surface area (Å²) in [5, 5.41) is 5.92. The molecule has 2 rings (SSSR count). The van der Waals surface area contributed by atoms with E-state index in [-0.39, 0.29) is 24.8 Å². The predicted octanol–water partition coefficient (Wildman–Crippen LogP) is 3.07. The summed E-state index contributed by atoms with van der Waals surface area (Å²) < 4.78 is 11.9. The van der Waals surface area contributed by atoms with Crippen LogP contribution in [-0.2, 0) is 16.0 Å². The number of thiophene rings is 1. The SMILES string of the molecule is CCOc1cc(/C=N/NC(=O)Cc2cccs2)cc(Br)c1OCC(=O)N(C)C. The minimum atomic E-state index is -0.190. The average molecular weight is 468 g/mol. The van der Waals surface area contributed by atoms with E-state index in [1.807, 2.05) is 24.4 Å². The lowest BCUT2D eigenvalue weighted by Crippen LogP contribution is -2.27. The summed E-state index contributed by atoms with van der Waals surface area (Å²) in [5.41, 5.74) is 3.21. The van der Waals surface area contributed by atoms with Gasteiger partial charge in [-0.3, -0.25) is 9.59 Å². The molecule has 150 valence electrons. The standard InChI is InChI=1S/C19H22BrN3O4S/c1-4-26-16-9-13(8-15(20)19(16)27-12-18(25)23(2)3)11-21-22-17(24)10-14-6-5-7-28-14/h5-9,11H,4,10,12H2,1-3H3,(H,22,24)/b21-11+. The summed E-state index contributed by atoms with van der Waals surface area (Å²) in [6, 6.07) is 7.31. The van der Waals surface area contributed by atoms with Crippen LogP contribution in [0.15, 0.2) is 39.2 Å². The molecule has 0 aliphatic carbocycles. The number of likely N-dealkylation sites (N-methyl/N-ethyl adjacent to an activating group) is 1. The maximum absolute atomic E-state index is 11.9. The zero-order valence-electron chi connectivity index (χ0n) is 15.9. The van der Waals surface area contributed by atoms with E-state index in [2.05, 4.69) is 26.5 Å². The Balaban J connectivity index is 2.06. The van der Waals surface area contributed by atoms with E-state index in [9.17, 15) is 9.59 Å². The summed E-state index contributed by atoms with van der Waals surface area (Å²) in [6.07, 6.45) is 1.81. The molecule has 0 aliphatic heterocycles. The Bertz CT molecular complexity index is 838. The number of halogens is 1. The molecule has 28 heavy (non-hydrogen) atoms. The van der Waals surface area contributed by atoms with Gasteiger partial charge in [0.05, 0.1) is 23.7 Å². The number of amides is 2. The van der Waals surface area contributed by atoms with Crippen molar-refractivity contribution in [2.24, 2.45) is 5.10 Å². The van der Waals surface area contributed by atoms with Crippen LogP contribution in [0.25, 0.3) is 0 Å². The van der Waals surface area contributed by atoms with Gasteiger partial charge in [0.2, 0.25) is 5.91 Å². The van der Waals surface area contributed by atoms with E-state index < -0.39 is 0 Å². The first-order valence-electron chi connectivity index (χ1n) is 8.54. The highest BCUT2D eigenvalue weighted by atomic mass is 79.9. The van der Waals surface area contributed by atoms with Crippen LogP contribution in [0.3, 0.4) is 0 Å². The van der Waals surface area contributed by atoms with Gasteiger partial charge in [-0.25, -0.2) is 5.43 Å². The molecular weight excluding hydrogens is 446 g/mol. The van der Waals surface area contributed by atoms with Gasteiger partial charge < -0.3 is 14.4 Å². The van der Waals surface area contributed by atoms with Crippen LogP contribution < -0.4 is 14.9 Å². The molecule has 0 unspecified atom stereocenters. The zero-order chi connectivity index (χ0) is 20.5. The Morgan fingerprint density at radius 1 is 1.32 bits per heavy atom. The van der Waals surface area contributed by atoms with Crippen LogP contribution in [-0.4, -0.2) is 50.2 Å². The molecule has 0 atom stereocenters. The molecule has 2 amide bonds. The maximum atomic E-state index is 11.9. The van der Waals surface area contributed by atoms with Crippen LogP contribution in [0.5, 0.6) is 11.5 Å². The molecule has 0 fully saturated rings. The number of nitrogens with one attached hydrogen (secondary N) is 1. The molecule has 0 saturated heterocycles. The zero-order valence-corrected chi connectivity index (χ0v) is 18.3. The van der Waals surface area contributed by atoms with Crippen molar-refractivity contribution in [2.75, 3.05) is 27.3 Å². The molecule has 2 aromatic rings. The van der Waals surface area contributed by atoms with E-state index >= 15 is 0 Å². The van der Waals surface area contributed by atoms with E-state index in [4.69, 9.17) is 9.47 Å². The predicted molar refractivity (Wildman–Crippen MR) is 113 cm³/mol. The summed E-state index contributed by atoms with van der Waals surface area (Å²) >= 11 is 4.96. The van der Waals surface area contributed by atoms with Crippen molar-refractivity contribution in [2.45, 2.75) is 13.3 Å². The normalized spacial score (nSPS) is 10.7. The molecule has 1 N–H and O–H groups in total. The minimum absolute atomic E-state index is 0.0993. The Morgan fingerprint density at radius 3 is 2.75 bits per heavy atom. The van der Waals surface area contributed by atoms with Gasteiger partial charge >= 0.3 is 0 Å². The van der Waals surface area contributed by atoms with Gasteiger partial charge in [-0.15, -0.1) is 11.3 Å². The molecular formula is C19H22BrN3O4S. The second-order valence-corrected chi connectivity index (χ2v) is 7.78. The average Bonchev–Trinajstić information content (AvgIpc) is 3.13. The maximum Gasteiger partial charge on any atom is 0.259 e. The third kappa shape index (κ3) is 6.65. The second kappa shape index (κ2) is 10.8. The molecule has 0 aliphatic rings. The van der Waals surface area contributed by atoms with Gasteiger partial charge in [0.15, 0.2) is 18.1 Å². The fourth-order valence-corrected chi connectivity index (χ4v) is 3.40. The minimum Gasteiger partial charge on any atom is -0.490 e. The Morgan fingerprint density at radius 2 is 2.11 bits per heavy atom. The van der Waals surface area contributed by atoms with Gasteiger partial charge in [0.1, 0.15) is 0 Å².